The zero-order chi connectivity index (χ0) is 13.5. The molecule has 0 bridgehead atoms. The Morgan fingerprint density at radius 1 is 1.35 bits per heavy atom. The molecule has 0 aliphatic carbocycles. The highest BCUT2D eigenvalue weighted by Crippen LogP contribution is 2.46. The second-order valence-electron chi connectivity index (χ2n) is 3.61. The summed E-state index contributed by atoms with van der Waals surface area (Å²) in [5.74, 6) is 0. The first-order valence-electron chi connectivity index (χ1n) is 5.42. The summed E-state index contributed by atoms with van der Waals surface area (Å²) in [7, 11) is -4.38. The van der Waals surface area contributed by atoms with Crippen LogP contribution in [0.3, 0.4) is 0 Å². The van der Waals surface area contributed by atoms with Gasteiger partial charge in [-0.25, -0.2) is 4.57 Å². The summed E-state index contributed by atoms with van der Waals surface area (Å²) in [6, 6.07) is 0. The van der Waals surface area contributed by atoms with Gasteiger partial charge in [0, 0.05) is 0 Å². The molecule has 0 saturated heterocycles. The summed E-state index contributed by atoms with van der Waals surface area (Å²) in [5, 5.41) is 0. The van der Waals surface area contributed by atoms with Crippen molar-refractivity contribution in [2.24, 2.45) is 0 Å². The van der Waals surface area contributed by atoms with Gasteiger partial charge in [0.25, 0.3) is 0 Å². The Hall–Kier alpha value is -0.100. The van der Waals surface area contributed by atoms with Gasteiger partial charge in [-0.1, -0.05) is 20.3 Å². The van der Waals surface area contributed by atoms with Crippen molar-refractivity contribution in [2.45, 2.75) is 51.8 Å². The molecule has 1 N–H and O–H groups in total. The molecule has 0 aromatic rings. The van der Waals surface area contributed by atoms with E-state index < -0.39 is 26.5 Å². The van der Waals surface area contributed by atoms with Gasteiger partial charge >= 0.3 is 14.0 Å². The fourth-order valence-electron chi connectivity index (χ4n) is 1.06. The lowest BCUT2D eigenvalue weighted by molar-refractivity contribution is -0.152. The number of rotatable bonds is 8. The molecule has 2 atom stereocenters. The van der Waals surface area contributed by atoms with Crippen LogP contribution in [-0.4, -0.2) is 23.8 Å². The lowest BCUT2D eigenvalue weighted by Crippen LogP contribution is -2.21. The average Bonchev–Trinajstić information content (AvgIpc) is 2.14. The Morgan fingerprint density at radius 2 is 1.94 bits per heavy atom. The highest BCUT2D eigenvalue weighted by Gasteiger charge is 2.35. The largest absolute Gasteiger partial charge is 0.472 e. The number of phosphoric ester groups is 1. The van der Waals surface area contributed by atoms with Crippen molar-refractivity contribution < 1.29 is 31.7 Å². The monoisotopic (exact) mass is 278 g/mol. The van der Waals surface area contributed by atoms with E-state index in [4.69, 9.17) is 0 Å². The summed E-state index contributed by atoms with van der Waals surface area (Å²) >= 11 is 0. The molecule has 2 unspecified atom stereocenters. The van der Waals surface area contributed by atoms with E-state index in [-0.39, 0.29) is 13.0 Å². The van der Waals surface area contributed by atoms with Crippen LogP contribution < -0.4 is 0 Å². The molecule has 0 aromatic heterocycles. The molecule has 4 nitrogen and oxygen atoms in total. The Balaban J connectivity index is 4.20. The maximum atomic E-state index is 12.1. The molecule has 0 saturated carbocycles. The van der Waals surface area contributed by atoms with Crippen LogP contribution in [0.4, 0.5) is 13.2 Å². The van der Waals surface area contributed by atoms with E-state index in [1.165, 1.54) is 6.92 Å². The third-order valence-electron chi connectivity index (χ3n) is 1.95. The van der Waals surface area contributed by atoms with Gasteiger partial charge in [-0.3, -0.25) is 9.05 Å². The van der Waals surface area contributed by atoms with Gasteiger partial charge in [0.1, 0.15) is 0 Å². The van der Waals surface area contributed by atoms with E-state index >= 15 is 0 Å². The third-order valence-corrected chi connectivity index (χ3v) is 3.02. The second-order valence-corrected chi connectivity index (χ2v) is 5.02. The molecule has 0 aliphatic rings. The van der Waals surface area contributed by atoms with Crippen molar-refractivity contribution in [3.05, 3.63) is 0 Å². The zero-order valence-electron chi connectivity index (χ0n) is 9.87. The van der Waals surface area contributed by atoms with Crippen LogP contribution >= 0.6 is 7.82 Å². The molecule has 0 rings (SSSR count). The average molecular weight is 278 g/mol. The second kappa shape index (κ2) is 7.36. The number of alkyl halides is 3. The number of phosphoric acid groups is 1. The molecular formula is C9H18F3O4P. The summed E-state index contributed by atoms with van der Waals surface area (Å²) in [6.07, 6.45) is -5.76. The lowest BCUT2D eigenvalue weighted by atomic mass is 10.2. The first-order valence-corrected chi connectivity index (χ1v) is 6.92. The molecule has 0 amide bonds. The molecule has 0 aromatic carbocycles. The molecule has 0 radical (unpaired) electrons. The predicted molar refractivity (Wildman–Crippen MR) is 56.5 cm³/mol. The van der Waals surface area contributed by atoms with Crippen molar-refractivity contribution in [3.8, 4) is 0 Å². The van der Waals surface area contributed by atoms with Crippen molar-refractivity contribution in [1.82, 2.24) is 0 Å². The van der Waals surface area contributed by atoms with E-state index in [1.54, 1.807) is 0 Å². The number of unbranched alkanes of at least 4 members (excludes halogenated alkanes) is 1. The summed E-state index contributed by atoms with van der Waals surface area (Å²) in [6.45, 7) is 3.29. The van der Waals surface area contributed by atoms with E-state index in [0.717, 1.165) is 6.42 Å². The SMILES string of the molecule is CCCCOP(=O)(O)OC(CC)CC(F)(F)F. The van der Waals surface area contributed by atoms with Crippen LogP contribution in [0.2, 0.25) is 0 Å². The Bertz CT molecular complexity index is 257. The van der Waals surface area contributed by atoms with Crippen LogP contribution in [-0.2, 0) is 13.6 Å². The van der Waals surface area contributed by atoms with E-state index in [2.05, 4.69) is 9.05 Å². The molecule has 104 valence electrons. The first kappa shape index (κ1) is 16.9. The van der Waals surface area contributed by atoms with Crippen LogP contribution in [0.15, 0.2) is 0 Å². The van der Waals surface area contributed by atoms with Crippen molar-refractivity contribution in [1.29, 1.82) is 0 Å². The quantitative estimate of drug-likeness (QED) is 0.544. The van der Waals surface area contributed by atoms with Crippen molar-refractivity contribution in [3.63, 3.8) is 0 Å². The molecule has 0 spiro atoms. The molecule has 0 heterocycles. The molecule has 17 heavy (non-hydrogen) atoms. The maximum absolute atomic E-state index is 12.1. The molecular weight excluding hydrogens is 260 g/mol. The normalized spacial score (nSPS) is 17.8. The number of hydrogen-bond acceptors (Lipinski definition) is 3. The van der Waals surface area contributed by atoms with Crippen LogP contribution in [0, 0.1) is 0 Å². The molecule has 8 heteroatoms. The first-order chi connectivity index (χ1) is 7.70. The van der Waals surface area contributed by atoms with E-state index in [9.17, 15) is 22.6 Å². The number of halogens is 3. The van der Waals surface area contributed by atoms with Crippen LogP contribution in [0.25, 0.3) is 0 Å². The topological polar surface area (TPSA) is 55.8 Å². The summed E-state index contributed by atoms with van der Waals surface area (Å²) in [4.78, 5) is 9.18. The Labute approximate surface area is 98.7 Å². The van der Waals surface area contributed by atoms with Crippen molar-refractivity contribution >= 4 is 7.82 Å². The minimum atomic E-state index is -4.43. The zero-order valence-corrected chi connectivity index (χ0v) is 10.8. The van der Waals surface area contributed by atoms with Gasteiger partial charge in [-0.15, -0.1) is 0 Å². The fourth-order valence-corrected chi connectivity index (χ4v) is 2.08. The van der Waals surface area contributed by atoms with Gasteiger partial charge in [-0.2, -0.15) is 13.2 Å². The van der Waals surface area contributed by atoms with Crippen LogP contribution in [0.1, 0.15) is 39.5 Å². The molecule has 0 fully saturated rings. The lowest BCUT2D eigenvalue weighted by Gasteiger charge is -2.20. The van der Waals surface area contributed by atoms with Crippen LogP contribution in [0.5, 0.6) is 0 Å². The summed E-state index contributed by atoms with van der Waals surface area (Å²) in [5.41, 5.74) is 0. The predicted octanol–water partition coefficient (Wildman–Crippen LogP) is 3.65. The molecule has 0 aliphatic heterocycles. The minimum Gasteiger partial charge on any atom is -0.302 e. The smallest absolute Gasteiger partial charge is 0.302 e. The van der Waals surface area contributed by atoms with Gasteiger partial charge in [0.05, 0.1) is 19.1 Å². The highest BCUT2D eigenvalue weighted by molar-refractivity contribution is 7.47. The number of hydrogen-bond donors (Lipinski definition) is 1. The highest BCUT2D eigenvalue weighted by atomic mass is 31.2. The van der Waals surface area contributed by atoms with E-state index in [1.807, 2.05) is 6.92 Å². The van der Waals surface area contributed by atoms with E-state index in [0.29, 0.717) is 6.42 Å². The van der Waals surface area contributed by atoms with Gasteiger partial charge < -0.3 is 4.89 Å². The van der Waals surface area contributed by atoms with Gasteiger partial charge in [0.15, 0.2) is 0 Å². The maximum Gasteiger partial charge on any atom is 0.472 e. The van der Waals surface area contributed by atoms with Crippen molar-refractivity contribution in [2.75, 3.05) is 6.61 Å². The van der Waals surface area contributed by atoms with Gasteiger partial charge in [0.2, 0.25) is 0 Å². The Kier molecular flexibility index (Phi) is 7.32. The standard InChI is InChI=1S/C9H18F3O4P/c1-3-5-6-15-17(13,14)16-8(4-2)7-9(10,11)12/h8H,3-7H2,1-2H3,(H,13,14). The summed E-state index contributed by atoms with van der Waals surface area (Å²) < 4.78 is 56.6. The van der Waals surface area contributed by atoms with Gasteiger partial charge in [-0.05, 0) is 12.8 Å². The Morgan fingerprint density at radius 3 is 2.35 bits per heavy atom. The fraction of sp³-hybridized carbons (Fsp3) is 1.00. The minimum absolute atomic E-state index is 0.00721. The third kappa shape index (κ3) is 9.59.